The van der Waals surface area contributed by atoms with Crippen LogP contribution in [0.2, 0.25) is 0 Å². The molecule has 324 valence electrons. The first-order valence-corrected chi connectivity index (χ1v) is 17.6. The summed E-state index contributed by atoms with van der Waals surface area (Å²) in [6.45, 7) is 0.283. The average Bonchev–Trinajstić information content (AvgIpc) is 3.14. The van der Waals surface area contributed by atoms with Crippen LogP contribution in [-0.4, -0.2) is 232 Å². The van der Waals surface area contributed by atoms with E-state index in [1.165, 1.54) is 6.92 Å². The van der Waals surface area contributed by atoms with Gasteiger partial charge in [0.15, 0.2) is 18.9 Å². The standard InChI is InChI=1S/C31H52N2O23/c1-8-17(41)20(44)21(45)28(50-8)54-25-16(33-10(3)38)27(47)51-14(7-36)23(25)53-29-22(46)26(19(43)13(6-35)52-29)56-31(30(48)49)4-11(39)15(32-9(2)37)24(55-31)18(42)12(40)5-34/h8,11-29,34-36,39-47H,4-7H2,1-3H3,(H,32,37)(H,33,38)(H,48,49)/t8-,11?,12+,13?,14?,15?,16?,17?,18+,19?,20?,21?,22?,23+,24+,25?,26-,27?,28-,29-,31-/m0/s1. The van der Waals surface area contributed by atoms with Gasteiger partial charge in [-0.15, -0.1) is 0 Å². The predicted octanol–water partition coefficient (Wildman–Crippen LogP) is -9.23. The van der Waals surface area contributed by atoms with E-state index in [-0.39, 0.29) is 0 Å². The Morgan fingerprint density at radius 3 is 1.86 bits per heavy atom. The third-order valence-electron chi connectivity index (χ3n) is 9.94. The number of ether oxygens (including phenoxy) is 7. The van der Waals surface area contributed by atoms with Crippen molar-refractivity contribution in [2.75, 3.05) is 19.8 Å². The summed E-state index contributed by atoms with van der Waals surface area (Å²) in [5.74, 6) is -6.69. The lowest BCUT2D eigenvalue weighted by Crippen LogP contribution is -2.71. The summed E-state index contributed by atoms with van der Waals surface area (Å²) in [6.07, 6.45) is -35.1. The molecule has 2 amide bonds. The highest BCUT2D eigenvalue weighted by molar-refractivity contribution is 5.76. The number of carbonyl (C=O) groups is 3. The van der Waals surface area contributed by atoms with E-state index in [9.17, 15) is 80.8 Å². The van der Waals surface area contributed by atoms with Gasteiger partial charge in [0.25, 0.3) is 5.79 Å². The van der Waals surface area contributed by atoms with E-state index in [4.69, 9.17) is 33.2 Å². The first-order chi connectivity index (χ1) is 26.2. The summed E-state index contributed by atoms with van der Waals surface area (Å²) >= 11 is 0. The normalized spacial score (nSPS) is 45.7. The molecule has 4 rings (SSSR count). The lowest BCUT2D eigenvalue weighted by Gasteiger charge is -2.51. The molecule has 0 saturated carbocycles. The molecule has 4 aliphatic rings. The molecule has 4 heterocycles. The van der Waals surface area contributed by atoms with Gasteiger partial charge in [-0.1, -0.05) is 0 Å². The van der Waals surface area contributed by atoms with Crippen molar-refractivity contribution in [1.82, 2.24) is 10.6 Å². The Bertz CT molecular complexity index is 1330. The molecular weight excluding hydrogens is 768 g/mol. The van der Waals surface area contributed by atoms with Gasteiger partial charge in [0, 0.05) is 20.3 Å². The number of aliphatic hydroxyl groups is 12. The van der Waals surface area contributed by atoms with E-state index in [1.54, 1.807) is 0 Å². The van der Waals surface area contributed by atoms with Crippen LogP contribution in [0, 0.1) is 0 Å². The van der Waals surface area contributed by atoms with Gasteiger partial charge in [-0.05, 0) is 6.92 Å². The van der Waals surface area contributed by atoms with E-state index in [0.717, 1.165) is 13.8 Å². The predicted molar refractivity (Wildman–Crippen MR) is 173 cm³/mol. The third kappa shape index (κ3) is 9.74. The van der Waals surface area contributed by atoms with E-state index < -0.39 is 172 Å². The van der Waals surface area contributed by atoms with Gasteiger partial charge >= 0.3 is 5.97 Å². The van der Waals surface area contributed by atoms with Crippen LogP contribution in [-0.2, 0) is 47.5 Å². The van der Waals surface area contributed by atoms with Crippen LogP contribution in [0.4, 0.5) is 0 Å². The van der Waals surface area contributed by atoms with Crippen molar-refractivity contribution in [3.8, 4) is 0 Å². The maximum atomic E-state index is 12.9. The van der Waals surface area contributed by atoms with E-state index in [1.807, 2.05) is 0 Å². The molecule has 0 spiro atoms. The average molecular weight is 821 g/mol. The molecule has 4 aliphatic heterocycles. The summed E-state index contributed by atoms with van der Waals surface area (Å²) in [5, 5.41) is 142. The van der Waals surface area contributed by atoms with Crippen LogP contribution in [0.15, 0.2) is 0 Å². The van der Waals surface area contributed by atoms with Crippen molar-refractivity contribution >= 4 is 17.8 Å². The molecule has 56 heavy (non-hydrogen) atoms. The van der Waals surface area contributed by atoms with Crippen molar-refractivity contribution < 1.29 is 114 Å². The fourth-order valence-electron chi connectivity index (χ4n) is 6.99. The van der Waals surface area contributed by atoms with Gasteiger partial charge in [0.05, 0.1) is 38.1 Å². The number of carboxylic acid groups (broad SMARTS) is 1. The van der Waals surface area contributed by atoms with Gasteiger partial charge in [-0.3, -0.25) is 9.59 Å². The largest absolute Gasteiger partial charge is 0.477 e. The number of carboxylic acids is 1. The molecule has 0 aromatic carbocycles. The molecule has 12 unspecified atom stereocenters. The Morgan fingerprint density at radius 1 is 0.732 bits per heavy atom. The van der Waals surface area contributed by atoms with Crippen molar-refractivity contribution in [3.05, 3.63) is 0 Å². The minimum Gasteiger partial charge on any atom is -0.477 e. The van der Waals surface area contributed by atoms with Gasteiger partial charge in [-0.25, -0.2) is 4.79 Å². The quantitative estimate of drug-likeness (QED) is 0.0773. The fourth-order valence-corrected chi connectivity index (χ4v) is 6.99. The summed E-state index contributed by atoms with van der Waals surface area (Å²) in [7, 11) is 0. The summed E-state index contributed by atoms with van der Waals surface area (Å²) in [5.41, 5.74) is 0. The zero-order valence-electron chi connectivity index (χ0n) is 30.3. The first kappa shape index (κ1) is 46.3. The molecule has 15 N–H and O–H groups in total. The van der Waals surface area contributed by atoms with Gasteiger partial charge in [-0.2, -0.15) is 0 Å². The molecule has 25 heteroatoms. The smallest absolute Gasteiger partial charge is 0.364 e. The second kappa shape index (κ2) is 19.1. The summed E-state index contributed by atoms with van der Waals surface area (Å²) < 4.78 is 39.7. The van der Waals surface area contributed by atoms with Crippen molar-refractivity contribution in [3.63, 3.8) is 0 Å². The topological polar surface area (TPSA) is 403 Å². The lowest BCUT2D eigenvalue weighted by atomic mass is 9.88. The second-order valence-corrected chi connectivity index (χ2v) is 14.0. The van der Waals surface area contributed by atoms with Crippen molar-refractivity contribution in [2.24, 2.45) is 0 Å². The van der Waals surface area contributed by atoms with Crippen molar-refractivity contribution in [2.45, 2.75) is 155 Å². The summed E-state index contributed by atoms with van der Waals surface area (Å²) in [4.78, 5) is 37.0. The SMILES string of the molecule is CC(=O)NC1C(O)OC(CO)[C@@H](O[C@@H]2OC(CO)C(O)[C@H](O[C@]3(C(=O)O)CC(O)C(NC(C)=O)[C@H]([C@H](O)[C@H](O)CO)O3)C2O)C1O[C@@H]1O[C@@H](C)C(O)C(O)C1O. The number of nitrogens with one attached hydrogen (secondary N) is 2. The molecule has 4 fully saturated rings. The van der Waals surface area contributed by atoms with Gasteiger partial charge in [0.2, 0.25) is 11.8 Å². The Balaban J connectivity index is 1.71. The molecular formula is C31H52N2O23. The molecule has 21 atom stereocenters. The van der Waals surface area contributed by atoms with E-state index in [0.29, 0.717) is 0 Å². The maximum Gasteiger partial charge on any atom is 0.364 e. The van der Waals surface area contributed by atoms with Crippen LogP contribution >= 0.6 is 0 Å². The molecule has 0 aliphatic carbocycles. The highest BCUT2D eigenvalue weighted by atomic mass is 16.8. The Morgan fingerprint density at radius 2 is 1.30 bits per heavy atom. The van der Waals surface area contributed by atoms with Crippen LogP contribution in [0.1, 0.15) is 27.2 Å². The minimum absolute atomic E-state index is 0.767. The molecule has 4 saturated heterocycles. The monoisotopic (exact) mass is 820 g/mol. The Labute approximate surface area is 317 Å². The Hall–Kier alpha value is -2.35. The van der Waals surface area contributed by atoms with E-state index in [2.05, 4.69) is 10.6 Å². The maximum absolute atomic E-state index is 12.9. The first-order valence-electron chi connectivity index (χ1n) is 17.6. The van der Waals surface area contributed by atoms with Crippen LogP contribution < -0.4 is 10.6 Å². The highest BCUT2D eigenvalue weighted by Crippen LogP contribution is 2.39. The zero-order chi connectivity index (χ0) is 42.0. The second-order valence-electron chi connectivity index (χ2n) is 14.0. The van der Waals surface area contributed by atoms with E-state index >= 15 is 0 Å². The number of aliphatic carboxylic acids is 1. The van der Waals surface area contributed by atoms with Crippen molar-refractivity contribution in [1.29, 1.82) is 0 Å². The van der Waals surface area contributed by atoms with Crippen LogP contribution in [0.5, 0.6) is 0 Å². The number of amides is 2. The molecule has 0 aromatic heterocycles. The molecule has 25 nitrogen and oxygen atoms in total. The third-order valence-corrected chi connectivity index (χ3v) is 9.94. The molecule has 0 bridgehead atoms. The Kier molecular flexibility index (Phi) is 15.8. The highest BCUT2D eigenvalue weighted by Gasteiger charge is 2.60. The number of hydrogen-bond acceptors (Lipinski definition) is 22. The summed E-state index contributed by atoms with van der Waals surface area (Å²) in [6, 6.07) is -3.22. The number of carbonyl (C=O) groups excluding carboxylic acids is 2. The van der Waals surface area contributed by atoms with Crippen LogP contribution in [0.3, 0.4) is 0 Å². The molecule has 0 aromatic rings. The fraction of sp³-hybridized carbons (Fsp3) is 0.903. The molecule has 0 radical (unpaired) electrons. The van der Waals surface area contributed by atoms with Crippen LogP contribution in [0.25, 0.3) is 0 Å². The lowest BCUT2D eigenvalue weighted by molar-refractivity contribution is -0.390. The van der Waals surface area contributed by atoms with Gasteiger partial charge < -0.3 is 110 Å². The number of rotatable bonds is 14. The number of hydrogen-bond donors (Lipinski definition) is 15. The van der Waals surface area contributed by atoms with Gasteiger partial charge in [0.1, 0.15) is 85.4 Å². The minimum atomic E-state index is -3.12. The zero-order valence-corrected chi connectivity index (χ0v) is 30.3. The number of aliphatic hydroxyl groups excluding tert-OH is 12.